The molecule has 22 heavy (non-hydrogen) atoms. The molecule has 1 heterocycles. The quantitative estimate of drug-likeness (QED) is 0.722. The van der Waals surface area contributed by atoms with Crippen molar-refractivity contribution in [1.29, 1.82) is 0 Å². The standard InChI is InChI=1S/C17H16N4O/c18-13-6-7-16(22-11-12-4-2-1-3-5-12)14(10-13)15-8-9-20-17(19)21-15/h1-10H,11,18H2,(H2,19,20,21). The lowest BCUT2D eigenvalue weighted by Gasteiger charge is -2.12. The third-order valence-electron chi connectivity index (χ3n) is 3.19. The fourth-order valence-electron chi connectivity index (χ4n) is 2.13. The van der Waals surface area contributed by atoms with E-state index in [1.165, 1.54) is 0 Å². The third-order valence-corrected chi connectivity index (χ3v) is 3.19. The summed E-state index contributed by atoms with van der Waals surface area (Å²) in [6.07, 6.45) is 1.61. The van der Waals surface area contributed by atoms with Gasteiger partial charge in [-0.25, -0.2) is 9.97 Å². The summed E-state index contributed by atoms with van der Waals surface area (Å²) in [7, 11) is 0. The molecular formula is C17H16N4O. The zero-order chi connectivity index (χ0) is 15.4. The van der Waals surface area contributed by atoms with Crippen molar-refractivity contribution < 1.29 is 4.74 Å². The predicted octanol–water partition coefficient (Wildman–Crippen LogP) is 2.89. The highest BCUT2D eigenvalue weighted by molar-refractivity contribution is 5.71. The van der Waals surface area contributed by atoms with E-state index in [9.17, 15) is 0 Å². The topological polar surface area (TPSA) is 87.0 Å². The van der Waals surface area contributed by atoms with Crippen molar-refractivity contribution in [2.75, 3.05) is 11.5 Å². The molecule has 1 aromatic heterocycles. The number of nitrogens with two attached hydrogens (primary N) is 2. The van der Waals surface area contributed by atoms with Crippen LogP contribution in [-0.2, 0) is 6.61 Å². The lowest BCUT2D eigenvalue weighted by Crippen LogP contribution is -2.00. The van der Waals surface area contributed by atoms with Gasteiger partial charge in [-0.15, -0.1) is 0 Å². The molecule has 0 spiro atoms. The van der Waals surface area contributed by atoms with Crippen LogP contribution in [0.4, 0.5) is 11.6 Å². The van der Waals surface area contributed by atoms with Crippen LogP contribution < -0.4 is 16.2 Å². The first kappa shape index (κ1) is 13.9. The maximum Gasteiger partial charge on any atom is 0.220 e. The maximum atomic E-state index is 5.92. The highest BCUT2D eigenvalue weighted by Gasteiger charge is 2.09. The predicted molar refractivity (Wildman–Crippen MR) is 87.1 cm³/mol. The zero-order valence-electron chi connectivity index (χ0n) is 11.9. The van der Waals surface area contributed by atoms with Gasteiger partial charge < -0.3 is 16.2 Å². The Morgan fingerprint density at radius 3 is 2.55 bits per heavy atom. The molecule has 110 valence electrons. The van der Waals surface area contributed by atoms with Crippen molar-refractivity contribution in [2.24, 2.45) is 0 Å². The van der Waals surface area contributed by atoms with Gasteiger partial charge in [-0.1, -0.05) is 30.3 Å². The van der Waals surface area contributed by atoms with E-state index in [0.29, 0.717) is 23.7 Å². The van der Waals surface area contributed by atoms with Gasteiger partial charge in [-0.3, -0.25) is 0 Å². The van der Waals surface area contributed by atoms with E-state index in [4.69, 9.17) is 16.2 Å². The summed E-state index contributed by atoms with van der Waals surface area (Å²) in [4.78, 5) is 8.14. The first-order chi connectivity index (χ1) is 10.7. The van der Waals surface area contributed by atoms with Crippen LogP contribution in [0.25, 0.3) is 11.3 Å². The van der Waals surface area contributed by atoms with Gasteiger partial charge in [-0.2, -0.15) is 0 Å². The van der Waals surface area contributed by atoms with Crippen LogP contribution in [0.1, 0.15) is 5.56 Å². The molecule has 0 aliphatic heterocycles. The number of anilines is 2. The van der Waals surface area contributed by atoms with Gasteiger partial charge in [0.15, 0.2) is 0 Å². The molecule has 2 aromatic carbocycles. The molecule has 0 saturated carbocycles. The molecule has 5 heteroatoms. The smallest absolute Gasteiger partial charge is 0.220 e. The number of ether oxygens (including phenoxy) is 1. The van der Waals surface area contributed by atoms with E-state index >= 15 is 0 Å². The Morgan fingerprint density at radius 2 is 1.77 bits per heavy atom. The zero-order valence-corrected chi connectivity index (χ0v) is 11.9. The highest BCUT2D eigenvalue weighted by atomic mass is 16.5. The van der Waals surface area contributed by atoms with Crippen LogP contribution >= 0.6 is 0 Å². The molecule has 3 aromatic rings. The largest absolute Gasteiger partial charge is 0.488 e. The minimum Gasteiger partial charge on any atom is -0.488 e. The lowest BCUT2D eigenvalue weighted by molar-refractivity contribution is 0.307. The van der Waals surface area contributed by atoms with Gasteiger partial charge in [-0.05, 0) is 29.8 Å². The Labute approximate surface area is 128 Å². The van der Waals surface area contributed by atoms with Crippen molar-refractivity contribution in [3.05, 3.63) is 66.4 Å². The molecule has 0 aliphatic rings. The minimum absolute atomic E-state index is 0.217. The van der Waals surface area contributed by atoms with Crippen molar-refractivity contribution >= 4 is 11.6 Å². The van der Waals surface area contributed by atoms with Crippen molar-refractivity contribution in [2.45, 2.75) is 6.61 Å². The second-order valence-electron chi connectivity index (χ2n) is 4.83. The Morgan fingerprint density at radius 1 is 0.955 bits per heavy atom. The van der Waals surface area contributed by atoms with Crippen LogP contribution in [0.2, 0.25) is 0 Å². The monoisotopic (exact) mass is 292 g/mol. The first-order valence-corrected chi connectivity index (χ1v) is 6.87. The number of rotatable bonds is 4. The molecular weight excluding hydrogens is 276 g/mol. The van der Waals surface area contributed by atoms with Gasteiger partial charge in [0.1, 0.15) is 12.4 Å². The molecule has 0 fully saturated rings. The summed E-state index contributed by atoms with van der Waals surface area (Å²) in [5.41, 5.74) is 14.7. The minimum atomic E-state index is 0.217. The van der Waals surface area contributed by atoms with Gasteiger partial charge in [0, 0.05) is 17.4 Å². The summed E-state index contributed by atoms with van der Waals surface area (Å²) >= 11 is 0. The van der Waals surface area contributed by atoms with Crippen LogP contribution in [0.15, 0.2) is 60.8 Å². The fraction of sp³-hybridized carbons (Fsp3) is 0.0588. The molecule has 0 radical (unpaired) electrons. The van der Waals surface area contributed by atoms with Gasteiger partial charge in [0.25, 0.3) is 0 Å². The molecule has 3 rings (SSSR count). The van der Waals surface area contributed by atoms with Crippen LogP contribution in [0.5, 0.6) is 5.75 Å². The van der Waals surface area contributed by atoms with Gasteiger partial charge in [0.05, 0.1) is 5.69 Å². The number of aromatic nitrogens is 2. The molecule has 0 aliphatic carbocycles. The van der Waals surface area contributed by atoms with E-state index < -0.39 is 0 Å². The third kappa shape index (κ3) is 3.15. The van der Waals surface area contributed by atoms with Crippen molar-refractivity contribution in [3.8, 4) is 17.0 Å². The van der Waals surface area contributed by atoms with E-state index in [1.807, 2.05) is 42.5 Å². The number of hydrogen-bond acceptors (Lipinski definition) is 5. The van der Waals surface area contributed by atoms with E-state index in [2.05, 4.69) is 9.97 Å². The Hall–Kier alpha value is -3.08. The number of benzene rings is 2. The molecule has 0 bridgehead atoms. The first-order valence-electron chi connectivity index (χ1n) is 6.87. The van der Waals surface area contributed by atoms with E-state index in [1.54, 1.807) is 18.3 Å². The van der Waals surface area contributed by atoms with Crippen LogP contribution in [-0.4, -0.2) is 9.97 Å². The molecule has 5 nitrogen and oxygen atoms in total. The second kappa shape index (κ2) is 6.13. The molecule has 0 amide bonds. The normalized spacial score (nSPS) is 10.4. The second-order valence-corrected chi connectivity index (χ2v) is 4.83. The Kier molecular flexibility index (Phi) is 3.87. The van der Waals surface area contributed by atoms with E-state index in [0.717, 1.165) is 11.1 Å². The summed E-state index contributed by atoms with van der Waals surface area (Å²) in [5.74, 6) is 0.921. The average Bonchev–Trinajstić information content (AvgIpc) is 2.54. The lowest BCUT2D eigenvalue weighted by atomic mass is 10.1. The van der Waals surface area contributed by atoms with E-state index in [-0.39, 0.29) is 5.95 Å². The van der Waals surface area contributed by atoms with Crippen LogP contribution in [0, 0.1) is 0 Å². The number of nitrogens with zero attached hydrogens (tertiary/aromatic N) is 2. The van der Waals surface area contributed by atoms with Gasteiger partial charge in [0.2, 0.25) is 5.95 Å². The van der Waals surface area contributed by atoms with Crippen LogP contribution in [0.3, 0.4) is 0 Å². The molecule has 0 saturated heterocycles. The molecule has 0 unspecified atom stereocenters. The highest BCUT2D eigenvalue weighted by Crippen LogP contribution is 2.31. The average molecular weight is 292 g/mol. The fourth-order valence-corrected chi connectivity index (χ4v) is 2.13. The van der Waals surface area contributed by atoms with Gasteiger partial charge >= 0.3 is 0 Å². The molecule has 0 atom stereocenters. The Balaban J connectivity index is 1.91. The summed E-state index contributed by atoms with van der Waals surface area (Å²) < 4.78 is 5.92. The SMILES string of the molecule is Nc1ccc(OCc2ccccc2)c(-c2ccnc(N)n2)c1. The number of nitrogen functional groups attached to an aromatic ring is 2. The maximum absolute atomic E-state index is 5.92. The Bertz CT molecular complexity index is 775. The summed E-state index contributed by atoms with van der Waals surface area (Å²) in [5, 5.41) is 0. The number of hydrogen-bond donors (Lipinski definition) is 2. The summed E-state index contributed by atoms with van der Waals surface area (Å²) in [6.45, 7) is 0.471. The molecule has 4 N–H and O–H groups in total. The summed E-state index contributed by atoms with van der Waals surface area (Å²) in [6, 6.07) is 17.2. The van der Waals surface area contributed by atoms with Crippen molar-refractivity contribution in [3.63, 3.8) is 0 Å². The van der Waals surface area contributed by atoms with Crippen molar-refractivity contribution in [1.82, 2.24) is 9.97 Å².